The second kappa shape index (κ2) is 14.4. The van der Waals surface area contributed by atoms with Crippen molar-refractivity contribution in [1.29, 1.82) is 0 Å². The van der Waals surface area contributed by atoms with Gasteiger partial charge in [0.15, 0.2) is 0 Å². The van der Waals surface area contributed by atoms with Crippen LogP contribution in [-0.2, 0) is 17.1 Å². The molecule has 0 amide bonds. The first-order valence-electron chi connectivity index (χ1n) is 10.6. The molecule has 1 aromatic carbocycles. The Kier molecular flexibility index (Phi) is 13.0. The van der Waals surface area contributed by atoms with Crippen molar-refractivity contribution in [1.82, 2.24) is 0 Å². The molecular weight excluding hydrogens is 343 g/mol. The van der Waals surface area contributed by atoms with E-state index in [1.54, 1.807) is 0 Å². The highest BCUT2D eigenvalue weighted by Crippen LogP contribution is 2.38. The first-order chi connectivity index (χ1) is 12.5. The molecule has 1 rings (SSSR count). The van der Waals surface area contributed by atoms with E-state index in [0.29, 0.717) is 5.56 Å². The van der Waals surface area contributed by atoms with Crippen LogP contribution in [0.4, 0.5) is 0 Å². The number of aryl methyl sites for hydroxylation is 1. The zero-order chi connectivity index (χ0) is 19.1. The summed E-state index contributed by atoms with van der Waals surface area (Å²) < 4.78 is 11.0. The fraction of sp³-hybridized carbons (Fsp3) is 0.727. The Bertz CT molecular complexity index is 493. The lowest BCUT2D eigenvalue weighted by Gasteiger charge is -2.06. The van der Waals surface area contributed by atoms with E-state index in [2.05, 4.69) is 6.92 Å². The summed E-state index contributed by atoms with van der Waals surface area (Å²) in [6, 6.07) is 7.70. The standard InChI is InChI=1S/C22H39O3P/c1-2-3-4-5-6-7-8-9-10-11-12-13-14-15-21-16-18-22(19-17-21)20-26(23,24)25/h16-19H,2-15,20H2,1H3,(H2,23,24,25). The average Bonchev–Trinajstić information content (AvgIpc) is 2.59. The first kappa shape index (κ1) is 23.4. The Labute approximate surface area is 160 Å². The van der Waals surface area contributed by atoms with Gasteiger partial charge in [0.1, 0.15) is 0 Å². The zero-order valence-electron chi connectivity index (χ0n) is 16.7. The lowest BCUT2D eigenvalue weighted by atomic mass is 10.0. The van der Waals surface area contributed by atoms with E-state index in [9.17, 15) is 4.57 Å². The molecule has 4 heteroatoms. The molecule has 0 aromatic heterocycles. The third-order valence-corrected chi connectivity index (χ3v) is 5.76. The van der Waals surface area contributed by atoms with Crippen LogP contribution in [0.25, 0.3) is 0 Å². The first-order valence-corrected chi connectivity index (χ1v) is 12.4. The van der Waals surface area contributed by atoms with Gasteiger partial charge in [0.2, 0.25) is 0 Å². The lowest BCUT2D eigenvalue weighted by molar-refractivity contribution is 0.371. The van der Waals surface area contributed by atoms with Crippen molar-refractivity contribution in [2.24, 2.45) is 0 Å². The van der Waals surface area contributed by atoms with Crippen LogP contribution in [-0.4, -0.2) is 9.79 Å². The van der Waals surface area contributed by atoms with Crippen LogP contribution < -0.4 is 0 Å². The smallest absolute Gasteiger partial charge is 0.324 e. The number of benzene rings is 1. The normalized spacial score (nSPS) is 11.8. The maximum absolute atomic E-state index is 11.0. The molecule has 0 aliphatic carbocycles. The van der Waals surface area contributed by atoms with Crippen molar-refractivity contribution in [2.45, 2.75) is 103 Å². The van der Waals surface area contributed by atoms with Crippen molar-refractivity contribution in [3.05, 3.63) is 35.4 Å². The van der Waals surface area contributed by atoms with Crippen LogP contribution in [0.3, 0.4) is 0 Å². The molecule has 0 heterocycles. The highest BCUT2D eigenvalue weighted by Gasteiger charge is 2.13. The summed E-state index contributed by atoms with van der Waals surface area (Å²) in [5.74, 6) is 0. The third kappa shape index (κ3) is 13.6. The van der Waals surface area contributed by atoms with Gasteiger partial charge < -0.3 is 9.79 Å². The third-order valence-electron chi connectivity index (χ3n) is 4.98. The highest BCUT2D eigenvalue weighted by molar-refractivity contribution is 7.50. The zero-order valence-corrected chi connectivity index (χ0v) is 17.6. The second-order valence-corrected chi connectivity index (χ2v) is 9.28. The summed E-state index contributed by atoms with van der Waals surface area (Å²) in [5.41, 5.74) is 1.98. The monoisotopic (exact) mass is 382 g/mol. The lowest BCUT2D eigenvalue weighted by Crippen LogP contribution is -1.90. The van der Waals surface area contributed by atoms with Crippen LogP contribution >= 0.6 is 7.60 Å². The van der Waals surface area contributed by atoms with Crippen LogP contribution in [0.5, 0.6) is 0 Å². The maximum Gasteiger partial charge on any atom is 0.329 e. The van der Waals surface area contributed by atoms with Crippen LogP contribution in [0.1, 0.15) is 102 Å². The average molecular weight is 383 g/mol. The summed E-state index contributed by atoms with van der Waals surface area (Å²) in [6.45, 7) is 2.27. The molecule has 1 aromatic rings. The van der Waals surface area contributed by atoms with E-state index in [1.165, 1.54) is 89.0 Å². The summed E-state index contributed by atoms with van der Waals surface area (Å²) >= 11 is 0. The molecule has 0 radical (unpaired) electrons. The second-order valence-electron chi connectivity index (χ2n) is 7.63. The predicted octanol–water partition coefficient (Wildman–Crippen LogP) is 7.00. The summed E-state index contributed by atoms with van der Waals surface area (Å²) in [4.78, 5) is 18.0. The fourth-order valence-electron chi connectivity index (χ4n) is 3.40. The molecule has 0 atom stereocenters. The largest absolute Gasteiger partial charge is 0.329 e. The summed E-state index contributed by atoms with van der Waals surface area (Å²) in [6.07, 6.45) is 18.7. The van der Waals surface area contributed by atoms with E-state index >= 15 is 0 Å². The molecule has 0 unspecified atom stereocenters. The number of unbranched alkanes of at least 4 members (excludes halogenated alkanes) is 12. The van der Waals surface area contributed by atoms with Crippen molar-refractivity contribution >= 4 is 7.60 Å². The number of hydrogen-bond donors (Lipinski definition) is 2. The van der Waals surface area contributed by atoms with Crippen molar-refractivity contribution in [2.75, 3.05) is 0 Å². The molecule has 2 N–H and O–H groups in total. The van der Waals surface area contributed by atoms with Gasteiger partial charge in [-0.05, 0) is 24.0 Å². The Hall–Kier alpha value is -0.630. The molecule has 0 saturated carbocycles. The molecular formula is C22H39O3P. The summed E-state index contributed by atoms with van der Waals surface area (Å²) in [7, 11) is -3.95. The van der Waals surface area contributed by atoms with Gasteiger partial charge in [-0.25, -0.2) is 0 Å². The van der Waals surface area contributed by atoms with E-state index in [4.69, 9.17) is 9.79 Å². The molecule has 0 fully saturated rings. The van der Waals surface area contributed by atoms with Gasteiger partial charge in [0.05, 0.1) is 6.16 Å². The van der Waals surface area contributed by atoms with Crippen molar-refractivity contribution < 1.29 is 14.4 Å². The van der Waals surface area contributed by atoms with Crippen LogP contribution in [0, 0.1) is 0 Å². The van der Waals surface area contributed by atoms with Crippen LogP contribution in [0.2, 0.25) is 0 Å². The van der Waals surface area contributed by atoms with Gasteiger partial charge in [-0.3, -0.25) is 4.57 Å². The van der Waals surface area contributed by atoms with E-state index < -0.39 is 7.60 Å². The van der Waals surface area contributed by atoms with Crippen molar-refractivity contribution in [3.8, 4) is 0 Å². The number of hydrogen-bond acceptors (Lipinski definition) is 1. The predicted molar refractivity (Wildman–Crippen MR) is 112 cm³/mol. The van der Waals surface area contributed by atoms with Crippen molar-refractivity contribution in [3.63, 3.8) is 0 Å². The molecule has 3 nitrogen and oxygen atoms in total. The Morgan fingerprint density at radius 1 is 0.654 bits per heavy atom. The quantitative estimate of drug-likeness (QED) is 0.239. The maximum atomic E-state index is 11.0. The molecule has 0 saturated heterocycles. The molecule has 0 bridgehead atoms. The molecule has 0 aliphatic heterocycles. The Balaban J connectivity index is 1.93. The van der Waals surface area contributed by atoms with Gasteiger partial charge >= 0.3 is 7.60 Å². The molecule has 150 valence electrons. The minimum atomic E-state index is -3.95. The minimum absolute atomic E-state index is 0.161. The van der Waals surface area contributed by atoms with Gasteiger partial charge in [-0.1, -0.05) is 108 Å². The highest BCUT2D eigenvalue weighted by atomic mass is 31.2. The Morgan fingerprint density at radius 2 is 1.04 bits per heavy atom. The van der Waals surface area contributed by atoms with Gasteiger partial charge in [0, 0.05) is 0 Å². The Morgan fingerprint density at radius 3 is 1.46 bits per heavy atom. The minimum Gasteiger partial charge on any atom is -0.324 e. The molecule has 26 heavy (non-hydrogen) atoms. The number of rotatable bonds is 16. The van der Waals surface area contributed by atoms with Gasteiger partial charge in [0.25, 0.3) is 0 Å². The van der Waals surface area contributed by atoms with E-state index in [0.717, 1.165) is 6.42 Å². The summed E-state index contributed by atoms with van der Waals surface area (Å²) in [5, 5.41) is 0. The van der Waals surface area contributed by atoms with Gasteiger partial charge in [-0.2, -0.15) is 0 Å². The SMILES string of the molecule is CCCCCCCCCCCCCCCc1ccc(CP(=O)(O)O)cc1. The topological polar surface area (TPSA) is 57.5 Å². The molecule has 0 spiro atoms. The van der Waals surface area contributed by atoms with E-state index in [1.807, 2.05) is 24.3 Å². The van der Waals surface area contributed by atoms with E-state index in [-0.39, 0.29) is 6.16 Å². The van der Waals surface area contributed by atoms with Gasteiger partial charge in [-0.15, -0.1) is 0 Å². The van der Waals surface area contributed by atoms with Crippen LogP contribution in [0.15, 0.2) is 24.3 Å². The fourth-order valence-corrected chi connectivity index (χ4v) is 4.08. The molecule has 0 aliphatic rings.